The number of hydrogen-bond donors (Lipinski definition) is 1. The first-order valence-electron chi connectivity index (χ1n) is 7.29. The Balaban J connectivity index is 2.39. The normalized spacial score (nSPS) is 12.9. The lowest BCUT2D eigenvalue weighted by Crippen LogP contribution is -2.51. The largest absolute Gasteiger partial charge is 0.289 e. The standard InChI is InChI=1S/C16H25N5/c1-15(2,3)21(16(4,5)6)11-12-9-7-8-10-13(12)14-17-19-20-18-14/h7-10H,11H2,1-6H3,(H,17,18,19,20). The average Bonchev–Trinajstić information content (AvgIpc) is 2.87. The van der Waals surface area contributed by atoms with Gasteiger partial charge in [-0.05, 0) is 52.3 Å². The van der Waals surface area contributed by atoms with Crippen LogP contribution in [-0.2, 0) is 6.54 Å². The minimum atomic E-state index is 0.0720. The Morgan fingerprint density at radius 1 is 1.00 bits per heavy atom. The molecule has 1 aromatic heterocycles. The molecule has 2 rings (SSSR count). The Kier molecular flexibility index (Phi) is 4.14. The van der Waals surface area contributed by atoms with Gasteiger partial charge in [-0.15, -0.1) is 10.2 Å². The summed E-state index contributed by atoms with van der Waals surface area (Å²) in [4.78, 5) is 2.49. The number of hydrogen-bond acceptors (Lipinski definition) is 4. The van der Waals surface area contributed by atoms with E-state index in [1.807, 2.05) is 12.1 Å². The minimum Gasteiger partial charge on any atom is -0.289 e. The smallest absolute Gasteiger partial charge is 0.204 e. The molecule has 0 aliphatic carbocycles. The number of nitrogens with one attached hydrogen (secondary N) is 1. The van der Waals surface area contributed by atoms with Crippen molar-refractivity contribution in [2.45, 2.75) is 59.2 Å². The number of rotatable bonds is 3. The first kappa shape index (κ1) is 15.6. The highest BCUT2D eigenvalue weighted by molar-refractivity contribution is 5.59. The van der Waals surface area contributed by atoms with Crippen molar-refractivity contribution in [3.05, 3.63) is 29.8 Å². The maximum Gasteiger partial charge on any atom is 0.204 e. The number of nitrogens with zero attached hydrogens (tertiary/aromatic N) is 4. The van der Waals surface area contributed by atoms with Gasteiger partial charge in [-0.25, -0.2) is 0 Å². The fourth-order valence-electron chi connectivity index (χ4n) is 2.80. The van der Waals surface area contributed by atoms with Gasteiger partial charge in [0, 0.05) is 23.2 Å². The van der Waals surface area contributed by atoms with Crippen LogP contribution in [0, 0.1) is 0 Å². The molecule has 5 nitrogen and oxygen atoms in total. The molecule has 1 aromatic carbocycles. The highest BCUT2D eigenvalue weighted by Gasteiger charge is 2.32. The molecule has 5 heteroatoms. The number of tetrazole rings is 1. The molecule has 1 N–H and O–H groups in total. The SMILES string of the molecule is CC(C)(C)N(Cc1ccccc1-c1nn[nH]n1)C(C)(C)C. The maximum absolute atomic E-state index is 4.11. The predicted octanol–water partition coefficient (Wildman–Crippen LogP) is 3.27. The van der Waals surface area contributed by atoms with Crippen molar-refractivity contribution < 1.29 is 0 Å². The topological polar surface area (TPSA) is 57.7 Å². The van der Waals surface area contributed by atoms with E-state index in [9.17, 15) is 0 Å². The second kappa shape index (κ2) is 5.56. The van der Waals surface area contributed by atoms with E-state index in [1.54, 1.807) is 0 Å². The van der Waals surface area contributed by atoms with Gasteiger partial charge >= 0.3 is 0 Å². The average molecular weight is 287 g/mol. The zero-order chi connectivity index (χ0) is 15.7. The molecular formula is C16H25N5. The summed E-state index contributed by atoms with van der Waals surface area (Å²) in [7, 11) is 0. The van der Waals surface area contributed by atoms with E-state index in [-0.39, 0.29) is 11.1 Å². The summed E-state index contributed by atoms with van der Waals surface area (Å²) >= 11 is 0. The van der Waals surface area contributed by atoms with Crippen LogP contribution in [0.1, 0.15) is 47.1 Å². The molecule has 0 aliphatic rings. The maximum atomic E-state index is 4.11. The van der Waals surface area contributed by atoms with Crippen LogP contribution < -0.4 is 0 Å². The van der Waals surface area contributed by atoms with Crippen LogP contribution in [0.15, 0.2) is 24.3 Å². The Bertz CT molecular complexity index is 561. The zero-order valence-electron chi connectivity index (χ0n) is 13.8. The lowest BCUT2D eigenvalue weighted by molar-refractivity contribution is 0.0300. The molecule has 0 atom stereocenters. The van der Waals surface area contributed by atoms with Gasteiger partial charge in [0.25, 0.3) is 0 Å². The van der Waals surface area contributed by atoms with E-state index in [2.05, 4.69) is 79.2 Å². The van der Waals surface area contributed by atoms with Crippen LogP contribution in [0.2, 0.25) is 0 Å². The quantitative estimate of drug-likeness (QED) is 0.941. The Morgan fingerprint density at radius 2 is 1.62 bits per heavy atom. The molecule has 0 unspecified atom stereocenters. The fourth-order valence-corrected chi connectivity index (χ4v) is 2.80. The van der Waals surface area contributed by atoms with Crippen molar-refractivity contribution in [2.24, 2.45) is 0 Å². The third-order valence-corrected chi connectivity index (χ3v) is 3.55. The zero-order valence-corrected chi connectivity index (χ0v) is 13.8. The van der Waals surface area contributed by atoms with E-state index in [1.165, 1.54) is 5.56 Å². The second-order valence-electron chi connectivity index (χ2n) is 7.32. The Labute approximate surface area is 126 Å². The fraction of sp³-hybridized carbons (Fsp3) is 0.562. The summed E-state index contributed by atoms with van der Waals surface area (Å²) in [5, 5.41) is 14.4. The first-order chi connectivity index (χ1) is 9.69. The van der Waals surface area contributed by atoms with Crippen molar-refractivity contribution in [3.63, 3.8) is 0 Å². The minimum absolute atomic E-state index is 0.0720. The summed E-state index contributed by atoms with van der Waals surface area (Å²) in [6, 6.07) is 8.25. The van der Waals surface area contributed by atoms with Crippen LogP contribution in [0.4, 0.5) is 0 Å². The molecule has 0 saturated heterocycles. The van der Waals surface area contributed by atoms with Crippen LogP contribution in [0.3, 0.4) is 0 Å². The highest BCUT2D eigenvalue weighted by atomic mass is 15.5. The second-order valence-corrected chi connectivity index (χ2v) is 7.32. The number of benzene rings is 1. The van der Waals surface area contributed by atoms with Crippen LogP contribution in [0.5, 0.6) is 0 Å². The molecule has 0 bridgehead atoms. The molecule has 0 radical (unpaired) electrons. The molecular weight excluding hydrogens is 262 g/mol. The van der Waals surface area contributed by atoms with Gasteiger partial charge in [0.15, 0.2) is 0 Å². The molecule has 2 aromatic rings. The monoisotopic (exact) mass is 287 g/mol. The van der Waals surface area contributed by atoms with Gasteiger partial charge in [0.05, 0.1) is 0 Å². The van der Waals surface area contributed by atoms with Crippen LogP contribution in [-0.4, -0.2) is 36.6 Å². The molecule has 114 valence electrons. The molecule has 0 saturated carbocycles. The van der Waals surface area contributed by atoms with Gasteiger partial charge in [-0.1, -0.05) is 24.3 Å². The number of H-pyrrole nitrogens is 1. The summed E-state index contributed by atoms with van der Waals surface area (Å²) in [6.45, 7) is 14.3. The van der Waals surface area contributed by atoms with Crippen molar-refractivity contribution in [1.29, 1.82) is 0 Å². The molecule has 1 heterocycles. The molecule has 0 spiro atoms. The Morgan fingerprint density at radius 3 is 2.14 bits per heavy atom. The van der Waals surface area contributed by atoms with Gasteiger partial charge in [-0.2, -0.15) is 5.21 Å². The predicted molar refractivity (Wildman–Crippen MR) is 84.7 cm³/mol. The third-order valence-electron chi connectivity index (χ3n) is 3.55. The summed E-state index contributed by atoms with van der Waals surface area (Å²) in [5.41, 5.74) is 2.39. The third kappa shape index (κ3) is 3.67. The molecule has 0 fully saturated rings. The van der Waals surface area contributed by atoms with E-state index in [0.29, 0.717) is 5.82 Å². The number of aromatic amines is 1. The van der Waals surface area contributed by atoms with E-state index in [4.69, 9.17) is 0 Å². The molecule has 21 heavy (non-hydrogen) atoms. The van der Waals surface area contributed by atoms with Crippen LogP contribution >= 0.6 is 0 Å². The van der Waals surface area contributed by atoms with Gasteiger partial charge in [-0.3, -0.25) is 4.90 Å². The van der Waals surface area contributed by atoms with Gasteiger partial charge in [0.1, 0.15) is 0 Å². The van der Waals surface area contributed by atoms with Crippen molar-refractivity contribution in [1.82, 2.24) is 25.5 Å². The lowest BCUT2D eigenvalue weighted by atomic mass is 9.94. The first-order valence-corrected chi connectivity index (χ1v) is 7.29. The van der Waals surface area contributed by atoms with Gasteiger partial charge < -0.3 is 0 Å². The highest BCUT2D eigenvalue weighted by Crippen LogP contribution is 2.30. The number of aromatic nitrogens is 4. The van der Waals surface area contributed by atoms with Gasteiger partial charge in [0.2, 0.25) is 5.82 Å². The summed E-state index contributed by atoms with van der Waals surface area (Å²) in [5.74, 6) is 0.647. The molecule has 0 amide bonds. The van der Waals surface area contributed by atoms with Crippen molar-refractivity contribution >= 4 is 0 Å². The van der Waals surface area contributed by atoms with Crippen molar-refractivity contribution in [2.75, 3.05) is 0 Å². The van der Waals surface area contributed by atoms with Crippen molar-refractivity contribution in [3.8, 4) is 11.4 Å². The van der Waals surface area contributed by atoms with E-state index < -0.39 is 0 Å². The lowest BCUT2D eigenvalue weighted by Gasteiger charge is -2.45. The molecule has 0 aliphatic heterocycles. The van der Waals surface area contributed by atoms with E-state index in [0.717, 1.165) is 12.1 Å². The Hall–Kier alpha value is -1.75. The van der Waals surface area contributed by atoms with Crippen LogP contribution in [0.25, 0.3) is 11.4 Å². The summed E-state index contributed by atoms with van der Waals surface area (Å²) in [6.07, 6.45) is 0. The van der Waals surface area contributed by atoms with E-state index >= 15 is 0 Å². The summed E-state index contributed by atoms with van der Waals surface area (Å²) < 4.78 is 0.